The zero-order valence-corrected chi connectivity index (χ0v) is 9.42. The van der Waals surface area contributed by atoms with Gasteiger partial charge in [0.1, 0.15) is 26.2 Å². The first-order valence-corrected chi connectivity index (χ1v) is 5.02. The van der Waals surface area contributed by atoms with Crippen molar-refractivity contribution in [1.29, 1.82) is 0 Å². The van der Waals surface area contributed by atoms with Crippen LogP contribution in [0.3, 0.4) is 0 Å². The Labute approximate surface area is 85.6 Å². The number of nitrogens with zero attached hydrogens (tertiary/aromatic N) is 2. The number of hydrogen-bond donors (Lipinski definition) is 2. The summed E-state index contributed by atoms with van der Waals surface area (Å²) in [6.45, 7) is 4.82. The summed E-state index contributed by atoms with van der Waals surface area (Å²) in [5.41, 5.74) is 2.20. The minimum absolute atomic E-state index is 0.0697. The van der Waals surface area contributed by atoms with E-state index in [1.807, 2.05) is 0 Å². The van der Waals surface area contributed by atoms with Crippen molar-refractivity contribution in [3.8, 4) is 0 Å². The zero-order valence-electron chi connectivity index (χ0n) is 9.42. The number of amides is 1. The molecule has 1 rings (SSSR count). The lowest BCUT2D eigenvalue weighted by molar-refractivity contribution is -1.00. The second-order valence-corrected chi connectivity index (χ2v) is 5.18. The molecule has 5 heteroatoms. The van der Waals surface area contributed by atoms with E-state index in [-0.39, 0.29) is 5.91 Å². The summed E-state index contributed by atoms with van der Waals surface area (Å²) < 4.78 is 1.86. The van der Waals surface area contributed by atoms with E-state index < -0.39 is 0 Å². The molecule has 0 radical (unpaired) electrons. The standard InChI is InChI=1S/C9H21N4O/c1-12(2)4-6-13(3,7-5-12)8-9(14)11-10/h4-8,10H2,1-3H3/q+1/p+1. The van der Waals surface area contributed by atoms with Crippen molar-refractivity contribution >= 4 is 5.91 Å². The molecular weight excluding hydrogens is 180 g/mol. The van der Waals surface area contributed by atoms with E-state index >= 15 is 0 Å². The van der Waals surface area contributed by atoms with Gasteiger partial charge in [0, 0.05) is 0 Å². The minimum atomic E-state index is -0.0697. The number of quaternary nitrogens is 2. The number of carbonyl (C=O) groups excluding carboxylic acids is 1. The van der Waals surface area contributed by atoms with Gasteiger partial charge in [-0.1, -0.05) is 0 Å². The summed E-state index contributed by atoms with van der Waals surface area (Å²) in [4.78, 5) is 11.2. The van der Waals surface area contributed by atoms with Crippen LogP contribution in [0.2, 0.25) is 0 Å². The molecule has 0 aromatic carbocycles. The molecule has 0 bridgehead atoms. The molecule has 1 aliphatic rings. The minimum Gasteiger partial charge on any atom is -0.319 e. The fraction of sp³-hybridized carbons (Fsp3) is 0.889. The number of rotatable bonds is 2. The highest BCUT2D eigenvalue weighted by molar-refractivity contribution is 5.76. The summed E-state index contributed by atoms with van der Waals surface area (Å²) in [5.74, 6) is 5.02. The summed E-state index contributed by atoms with van der Waals surface area (Å²) in [6, 6.07) is 0. The number of piperazine rings is 1. The Morgan fingerprint density at radius 3 is 2.14 bits per heavy atom. The van der Waals surface area contributed by atoms with Crippen molar-refractivity contribution in [2.24, 2.45) is 5.84 Å². The lowest BCUT2D eigenvalue weighted by atomic mass is 10.2. The summed E-state index contributed by atoms with van der Waals surface area (Å²) in [6.07, 6.45) is 0. The fourth-order valence-corrected chi connectivity index (χ4v) is 1.80. The molecule has 0 spiro atoms. The van der Waals surface area contributed by atoms with Crippen LogP contribution in [0, 0.1) is 0 Å². The maximum Gasteiger partial charge on any atom is 0.289 e. The third-order valence-electron chi connectivity index (χ3n) is 3.18. The molecule has 0 aliphatic carbocycles. The van der Waals surface area contributed by atoms with E-state index in [4.69, 9.17) is 5.84 Å². The number of hydrazine groups is 1. The van der Waals surface area contributed by atoms with Crippen LogP contribution in [0.4, 0.5) is 0 Å². The summed E-state index contributed by atoms with van der Waals surface area (Å²) in [7, 11) is 6.58. The molecule has 1 fully saturated rings. The highest BCUT2D eigenvalue weighted by Gasteiger charge is 2.35. The van der Waals surface area contributed by atoms with Crippen LogP contribution in [-0.2, 0) is 4.79 Å². The lowest BCUT2D eigenvalue weighted by Gasteiger charge is -2.43. The van der Waals surface area contributed by atoms with E-state index in [9.17, 15) is 4.79 Å². The van der Waals surface area contributed by atoms with E-state index in [2.05, 4.69) is 26.6 Å². The number of nitrogens with one attached hydrogen (secondary N) is 1. The Kier molecular flexibility index (Phi) is 3.14. The fourth-order valence-electron chi connectivity index (χ4n) is 1.80. The van der Waals surface area contributed by atoms with Crippen molar-refractivity contribution < 1.29 is 13.8 Å². The van der Waals surface area contributed by atoms with Gasteiger partial charge in [0.05, 0.1) is 21.1 Å². The van der Waals surface area contributed by atoms with Gasteiger partial charge in [-0.3, -0.25) is 10.2 Å². The van der Waals surface area contributed by atoms with Gasteiger partial charge in [-0.25, -0.2) is 5.84 Å². The molecule has 0 saturated carbocycles. The molecule has 1 aliphatic heterocycles. The first-order valence-electron chi connectivity index (χ1n) is 5.02. The van der Waals surface area contributed by atoms with Crippen LogP contribution in [-0.4, -0.2) is 68.7 Å². The topological polar surface area (TPSA) is 55.1 Å². The average molecular weight is 202 g/mol. The second kappa shape index (κ2) is 3.84. The average Bonchev–Trinajstić information content (AvgIpc) is 2.11. The molecule has 1 amide bonds. The van der Waals surface area contributed by atoms with Crippen molar-refractivity contribution in [3.63, 3.8) is 0 Å². The Balaban J connectivity index is 2.49. The van der Waals surface area contributed by atoms with Crippen molar-refractivity contribution in [2.45, 2.75) is 0 Å². The van der Waals surface area contributed by atoms with Gasteiger partial charge in [0.25, 0.3) is 5.91 Å². The molecule has 5 nitrogen and oxygen atoms in total. The highest BCUT2D eigenvalue weighted by Crippen LogP contribution is 2.12. The van der Waals surface area contributed by atoms with Gasteiger partial charge < -0.3 is 8.97 Å². The molecular formula is C9H22N4O+2. The first-order chi connectivity index (χ1) is 6.37. The van der Waals surface area contributed by atoms with Crippen molar-refractivity contribution in [3.05, 3.63) is 0 Å². The monoisotopic (exact) mass is 202 g/mol. The predicted octanol–water partition coefficient (Wildman–Crippen LogP) is -1.49. The van der Waals surface area contributed by atoms with Crippen LogP contribution in [0.5, 0.6) is 0 Å². The van der Waals surface area contributed by atoms with E-state index in [1.54, 1.807) is 0 Å². The maximum atomic E-state index is 11.2. The van der Waals surface area contributed by atoms with E-state index in [1.165, 1.54) is 0 Å². The summed E-state index contributed by atoms with van der Waals surface area (Å²) >= 11 is 0. The largest absolute Gasteiger partial charge is 0.319 e. The predicted molar refractivity (Wildman–Crippen MR) is 55.0 cm³/mol. The summed E-state index contributed by atoms with van der Waals surface area (Å²) in [5, 5.41) is 0. The SMILES string of the molecule is C[N+]1(C)CC[N+](C)(CC(=O)NN)CC1. The molecule has 1 heterocycles. The molecule has 1 saturated heterocycles. The molecule has 0 unspecified atom stereocenters. The number of carbonyl (C=O) groups is 1. The van der Waals surface area contributed by atoms with Gasteiger partial charge in [-0.15, -0.1) is 0 Å². The first kappa shape index (κ1) is 11.4. The van der Waals surface area contributed by atoms with Gasteiger partial charge in [0.15, 0.2) is 6.54 Å². The van der Waals surface area contributed by atoms with E-state index in [0.717, 1.165) is 35.1 Å². The Hall–Kier alpha value is -0.650. The normalized spacial score (nSPS) is 24.3. The van der Waals surface area contributed by atoms with E-state index in [0.29, 0.717) is 6.54 Å². The smallest absolute Gasteiger partial charge is 0.289 e. The molecule has 0 aromatic rings. The van der Waals surface area contributed by atoms with Crippen LogP contribution in [0.15, 0.2) is 0 Å². The van der Waals surface area contributed by atoms with Gasteiger partial charge in [-0.05, 0) is 0 Å². The molecule has 82 valence electrons. The van der Waals surface area contributed by atoms with Crippen LogP contribution in [0.25, 0.3) is 0 Å². The van der Waals surface area contributed by atoms with Crippen molar-refractivity contribution in [2.75, 3.05) is 53.9 Å². The van der Waals surface area contributed by atoms with Gasteiger partial charge >= 0.3 is 0 Å². The quantitative estimate of drug-likeness (QED) is 0.248. The lowest BCUT2D eigenvalue weighted by Crippen LogP contribution is -2.64. The Morgan fingerprint density at radius 1 is 1.21 bits per heavy atom. The number of likely N-dealkylation sites (N-methyl/N-ethyl adjacent to an activating group) is 2. The second-order valence-electron chi connectivity index (χ2n) is 5.18. The van der Waals surface area contributed by atoms with Crippen molar-refractivity contribution in [1.82, 2.24) is 5.43 Å². The molecule has 3 N–H and O–H groups in total. The van der Waals surface area contributed by atoms with Gasteiger partial charge in [-0.2, -0.15) is 0 Å². The highest BCUT2D eigenvalue weighted by atomic mass is 16.2. The van der Waals surface area contributed by atoms with Crippen LogP contribution >= 0.6 is 0 Å². The number of nitrogens with two attached hydrogens (primary N) is 1. The maximum absolute atomic E-state index is 11.2. The van der Waals surface area contributed by atoms with Gasteiger partial charge in [0.2, 0.25) is 0 Å². The third-order valence-corrected chi connectivity index (χ3v) is 3.18. The molecule has 0 atom stereocenters. The van der Waals surface area contributed by atoms with Crippen LogP contribution < -0.4 is 11.3 Å². The van der Waals surface area contributed by atoms with Crippen LogP contribution in [0.1, 0.15) is 0 Å². The molecule has 0 aromatic heterocycles. The Bertz CT molecular complexity index is 217. The molecule has 14 heavy (non-hydrogen) atoms. The zero-order chi connectivity index (χ0) is 10.8. The third kappa shape index (κ3) is 2.94. The number of hydrogen-bond acceptors (Lipinski definition) is 2. The Morgan fingerprint density at radius 2 is 1.71 bits per heavy atom.